The molecule has 3 aromatic heterocycles. The maximum Gasteiger partial charge on any atom is 0.272 e. The summed E-state index contributed by atoms with van der Waals surface area (Å²) >= 11 is 0. The van der Waals surface area contributed by atoms with Crippen molar-refractivity contribution in [2.75, 3.05) is 31.2 Å². The number of pyridine rings is 2. The molecule has 162 valence electrons. The van der Waals surface area contributed by atoms with Crippen LogP contribution in [0.5, 0.6) is 0 Å². The van der Waals surface area contributed by atoms with Crippen LogP contribution in [0.3, 0.4) is 0 Å². The molecular formula is C23H28N6O2. The predicted molar refractivity (Wildman–Crippen MR) is 120 cm³/mol. The Morgan fingerprint density at radius 3 is 2.68 bits per heavy atom. The van der Waals surface area contributed by atoms with Crippen LogP contribution in [-0.4, -0.2) is 57.7 Å². The molecule has 31 heavy (non-hydrogen) atoms. The first-order valence-electron chi connectivity index (χ1n) is 10.4. The van der Waals surface area contributed by atoms with Crippen molar-refractivity contribution < 1.29 is 9.53 Å². The van der Waals surface area contributed by atoms with Crippen LogP contribution in [0, 0.1) is 6.92 Å². The number of anilines is 1. The number of nitrogens with zero attached hydrogens (tertiary/aromatic N) is 4. The molecule has 0 spiro atoms. The summed E-state index contributed by atoms with van der Waals surface area (Å²) in [6, 6.07) is 6.05. The minimum Gasteiger partial charge on any atom is -0.378 e. The quantitative estimate of drug-likeness (QED) is 0.673. The van der Waals surface area contributed by atoms with Crippen LogP contribution in [0.2, 0.25) is 0 Å². The second-order valence-electron chi connectivity index (χ2n) is 8.72. The van der Waals surface area contributed by atoms with E-state index in [-0.39, 0.29) is 11.4 Å². The van der Waals surface area contributed by atoms with E-state index in [2.05, 4.69) is 36.2 Å². The molecule has 0 saturated carbocycles. The van der Waals surface area contributed by atoms with E-state index >= 15 is 0 Å². The van der Waals surface area contributed by atoms with Gasteiger partial charge in [0.05, 0.1) is 25.1 Å². The zero-order chi connectivity index (χ0) is 22.0. The number of amides is 1. The number of carbonyl (C=O) groups excluding carboxylic acids is 1. The van der Waals surface area contributed by atoms with E-state index in [9.17, 15) is 4.79 Å². The van der Waals surface area contributed by atoms with Gasteiger partial charge < -0.3 is 19.9 Å². The van der Waals surface area contributed by atoms with E-state index in [1.54, 1.807) is 6.20 Å². The van der Waals surface area contributed by atoms with Crippen LogP contribution in [0.25, 0.3) is 22.6 Å². The van der Waals surface area contributed by atoms with Crippen LogP contribution in [-0.2, 0) is 4.74 Å². The van der Waals surface area contributed by atoms with Crippen molar-refractivity contribution in [2.45, 2.75) is 33.2 Å². The molecule has 1 fully saturated rings. The number of aromatic nitrogens is 4. The third kappa shape index (κ3) is 4.91. The number of carbonyl (C=O) groups is 1. The number of H-pyrrole nitrogens is 1. The molecule has 1 saturated heterocycles. The van der Waals surface area contributed by atoms with Crippen LogP contribution in [0.15, 0.2) is 36.8 Å². The molecular weight excluding hydrogens is 392 g/mol. The van der Waals surface area contributed by atoms with E-state index in [0.717, 1.165) is 43.1 Å². The number of hydrogen-bond donors (Lipinski definition) is 2. The Morgan fingerprint density at radius 1 is 1.16 bits per heavy atom. The molecule has 8 nitrogen and oxygen atoms in total. The average molecular weight is 421 g/mol. The summed E-state index contributed by atoms with van der Waals surface area (Å²) < 4.78 is 5.45. The number of imidazole rings is 1. The van der Waals surface area contributed by atoms with Crippen molar-refractivity contribution in [1.29, 1.82) is 0 Å². The van der Waals surface area contributed by atoms with Crippen LogP contribution < -0.4 is 10.2 Å². The first-order chi connectivity index (χ1) is 14.8. The highest BCUT2D eigenvalue weighted by molar-refractivity contribution is 5.94. The lowest BCUT2D eigenvalue weighted by atomic mass is 10.1. The summed E-state index contributed by atoms with van der Waals surface area (Å²) in [6.45, 7) is 10.8. The fourth-order valence-electron chi connectivity index (χ4n) is 3.52. The molecule has 1 aliphatic rings. The van der Waals surface area contributed by atoms with E-state index in [0.29, 0.717) is 22.9 Å². The Morgan fingerprint density at radius 2 is 1.94 bits per heavy atom. The molecule has 0 atom stereocenters. The van der Waals surface area contributed by atoms with Crippen molar-refractivity contribution in [2.24, 2.45) is 0 Å². The maximum atomic E-state index is 12.6. The number of aryl methyl sites for hydroxylation is 1. The molecule has 0 radical (unpaired) electrons. The lowest BCUT2D eigenvalue weighted by molar-refractivity contribution is 0.0914. The minimum atomic E-state index is -0.334. The monoisotopic (exact) mass is 420 g/mol. The first-order valence-corrected chi connectivity index (χ1v) is 10.4. The van der Waals surface area contributed by atoms with Crippen molar-refractivity contribution >= 4 is 11.6 Å². The predicted octanol–water partition coefficient (Wildman–Crippen LogP) is 3.21. The zero-order valence-corrected chi connectivity index (χ0v) is 18.4. The minimum absolute atomic E-state index is 0.203. The summed E-state index contributed by atoms with van der Waals surface area (Å²) in [4.78, 5) is 31.5. The molecule has 0 aromatic carbocycles. The van der Waals surface area contributed by atoms with Crippen molar-refractivity contribution in [3.63, 3.8) is 0 Å². The Bertz CT molecular complexity index is 1080. The lowest BCUT2D eigenvalue weighted by Crippen LogP contribution is -2.41. The van der Waals surface area contributed by atoms with E-state index < -0.39 is 0 Å². The van der Waals surface area contributed by atoms with Gasteiger partial charge in [0.2, 0.25) is 0 Å². The molecule has 1 aliphatic heterocycles. The van der Waals surface area contributed by atoms with Gasteiger partial charge >= 0.3 is 0 Å². The van der Waals surface area contributed by atoms with Gasteiger partial charge in [-0.3, -0.25) is 14.8 Å². The highest BCUT2D eigenvalue weighted by atomic mass is 16.5. The van der Waals surface area contributed by atoms with E-state index in [1.165, 1.54) is 0 Å². The molecule has 2 N–H and O–H groups in total. The molecule has 0 unspecified atom stereocenters. The number of hydrogen-bond acceptors (Lipinski definition) is 6. The third-order valence-corrected chi connectivity index (χ3v) is 5.02. The van der Waals surface area contributed by atoms with Gasteiger partial charge in [0.15, 0.2) is 5.82 Å². The number of morpholine rings is 1. The molecule has 4 rings (SSSR count). The number of aromatic amines is 1. The van der Waals surface area contributed by atoms with Crippen LogP contribution >= 0.6 is 0 Å². The van der Waals surface area contributed by atoms with Crippen LogP contribution in [0.4, 0.5) is 5.69 Å². The van der Waals surface area contributed by atoms with E-state index in [1.807, 2.05) is 52.2 Å². The second kappa shape index (κ2) is 8.47. The third-order valence-electron chi connectivity index (χ3n) is 5.02. The van der Waals surface area contributed by atoms with E-state index in [4.69, 9.17) is 4.74 Å². The molecule has 3 aromatic rings. The highest BCUT2D eigenvalue weighted by Crippen LogP contribution is 2.27. The second-order valence-corrected chi connectivity index (χ2v) is 8.72. The zero-order valence-electron chi connectivity index (χ0n) is 18.4. The topological polar surface area (TPSA) is 96.0 Å². The Labute approximate surface area is 182 Å². The smallest absolute Gasteiger partial charge is 0.272 e. The Kier molecular flexibility index (Phi) is 5.73. The molecule has 0 aliphatic carbocycles. The summed E-state index contributed by atoms with van der Waals surface area (Å²) in [5, 5.41) is 2.95. The normalized spacial score (nSPS) is 14.5. The standard InChI is InChI=1S/C23H28N6O2/c1-15-20(22(30)28-23(2,3)4)27-21(26-15)19-12-16(5-6-25-19)17-11-18(14-24-13-17)29-7-9-31-10-8-29/h5-6,11-14H,7-10H2,1-4H3,(H,26,27)(H,28,30). The number of rotatable bonds is 4. The maximum absolute atomic E-state index is 12.6. The van der Waals surface area contributed by atoms with Crippen molar-refractivity contribution in [3.05, 3.63) is 48.2 Å². The van der Waals surface area contributed by atoms with Gasteiger partial charge in [-0.05, 0) is 51.5 Å². The van der Waals surface area contributed by atoms with Gasteiger partial charge in [0.1, 0.15) is 11.4 Å². The number of ether oxygens (including phenoxy) is 1. The van der Waals surface area contributed by atoms with Crippen molar-refractivity contribution in [1.82, 2.24) is 25.3 Å². The summed E-state index contributed by atoms with van der Waals surface area (Å²) in [5.41, 5.74) is 4.50. The number of nitrogens with one attached hydrogen (secondary N) is 2. The summed E-state index contributed by atoms with van der Waals surface area (Å²) in [7, 11) is 0. The van der Waals surface area contributed by atoms with Gasteiger partial charge in [-0.1, -0.05) is 0 Å². The van der Waals surface area contributed by atoms with Gasteiger partial charge in [0.25, 0.3) is 5.91 Å². The lowest BCUT2D eigenvalue weighted by Gasteiger charge is -2.28. The largest absolute Gasteiger partial charge is 0.378 e. The molecule has 8 heteroatoms. The molecule has 0 bridgehead atoms. The summed E-state index contributed by atoms with van der Waals surface area (Å²) in [6.07, 6.45) is 5.48. The summed E-state index contributed by atoms with van der Waals surface area (Å²) in [5.74, 6) is 0.363. The van der Waals surface area contributed by atoms with Crippen LogP contribution in [0.1, 0.15) is 37.0 Å². The Balaban J connectivity index is 1.61. The molecule has 4 heterocycles. The SMILES string of the molecule is Cc1[nH]c(-c2cc(-c3cncc(N4CCOCC4)c3)ccn2)nc1C(=O)NC(C)(C)C. The van der Waals surface area contributed by atoms with Gasteiger partial charge in [0, 0.05) is 42.3 Å². The molecule has 1 amide bonds. The van der Waals surface area contributed by atoms with Gasteiger partial charge in [-0.25, -0.2) is 4.98 Å². The van der Waals surface area contributed by atoms with Crippen molar-refractivity contribution in [3.8, 4) is 22.6 Å². The average Bonchev–Trinajstić information content (AvgIpc) is 3.15. The van der Waals surface area contributed by atoms with Gasteiger partial charge in [-0.15, -0.1) is 0 Å². The Hall–Kier alpha value is -3.26. The fourth-order valence-corrected chi connectivity index (χ4v) is 3.52. The van der Waals surface area contributed by atoms with Gasteiger partial charge in [-0.2, -0.15) is 0 Å². The first kappa shape index (κ1) is 21.0. The fraction of sp³-hybridized carbons (Fsp3) is 0.391. The highest BCUT2D eigenvalue weighted by Gasteiger charge is 2.21.